The van der Waals surface area contributed by atoms with Crippen LogP contribution in [0.4, 0.5) is 0 Å². The molecule has 2 rings (SSSR count). The summed E-state index contributed by atoms with van der Waals surface area (Å²) in [7, 11) is 0. The smallest absolute Gasteiger partial charge is 0.331 e. The maximum atomic E-state index is 10.7. The first-order valence-electron chi connectivity index (χ1n) is 7.36. The summed E-state index contributed by atoms with van der Waals surface area (Å²) >= 11 is 0. The molecule has 0 radical (unpaired) electrons. The fourth-order valence-corrected chi connectivity index (χ4v) is 1.67. The molecule has 0 aliphatic rings. The van der Waals surface area contributed by atoms with Gasteiger partial charge in [-0.05, 0) is 30.5 Å². The Labute approximate surface area is 138 Å². The number of hydrogen-bond donors (Lipinski definition) is 1. The molecule has 0 aliphatic heterocycles. The van der Waals surface area contributed by atoms with Gasteiger partial charge in [-0.25, -0.2) is 4.79 Å². The molecule has 0 aliphatic carbocycles. The number of carbonyl (C=O) groups is 1. The second kappa shape index (κ2) is 9.96. The van der Waals surface area contributed by atoms with E-state index in [2.05, 4.69) is 6.58 Å². The van der Waals surface area contributed by atoms with Gasteiger partial charge in [0.25, 0.3) is 0 Å². The lowest BCUT2D eigenvalue weighted by atomic mass is 10.1. The van der Waals surface area contributed by atoms with Crippen molar-refractivity contribution >= 4 is 18.1 Å². The third-order valence-corrected chi connectivity index (χ3v) is 3.27. The minimum Gasteiger partial charge on any atom is -0.478 e. The molecule has 0 fully saturated rings. The Balaban J connectivity index is 0.000000277. The van der Waals surface area contributed by atoms with Crippen molar-refractivity contribution in [2.24, 2.45) is 0 Å². The predicted molar refractivity (Wildman–Crippen MR) is 98.0 cm³/mol. The molecule has 1 N–H and O–H groups in total. The van der Waals surface area contributed by atoms with Crippen molar-refractivity contribution in [3.63, 3.8) is 0 Å². The van der Waals surface area contributed by atoms with Gasteiger partial charge < -0.3 is 5.11 Å². The van der Waals surface area contributed by atoms with Crippen LogP contribution in [-0.4, -0.2) is 11.1 Å². The molecule has 2 heteroatoms. The molecule has 0 spiro atoms. The normalized spacial score (nSPS) is 11.2. The summed E-state index contributed by atoms with van der Waals surface area (Å²) in [6.45, 7) is 7.03. The van der Waals surface area contributed by atoms with Gasteiger partial charge in [0, 0.05) is 5.57 Å². The lowest BCUT2D eigenvalue weighted by molar-refractivity contribution is -0.132. The van der Waals surface area contributed by atoms with Gasteiger partial charge >= 0.3 is 5.97 Å². The number of aliphatic carboxylic acids is 1. The van der Waals surface area contributed by atoms with Crippen LogP contribution in [0.2, 0.25) is 0 Å². The van der Waals surface area contributed by atoms with Crippen LogP contribution in [0.25, 0.3) is 12.2 Å². The number of carboxylic acid groups (broad SMARTS) is 1. The van der Waals surface area contributed by atoms with Gasteiger partial charge in [0.2, 0.25) is 0 Å². The van der Waals surface area contributed by atoms with Gasteiger partial charge in [-0.15, -0.1) is 0 Å². The summed E-state index contributed by atoms with van der Waals surface area (Å²) in [5.41, 5.74) is 3.39. The Kier molecular flexibility index (Phi) is 7.87. The highest BCUT2D eigenvalue weighted by molar-refractivity contribution is 5.87. The number of rotatable bonds is 4. The molecule has 0 unspecified atom stereocenters. The van der Waals surface area contributed by atoms with E-state index in [1.807, 2.05) is 78.9 Å². The van der Waals surface area contributed by atoms with E-state index in [9.17, 15) is 4.79 Å². The zero-order valence-corrected chi connectivity index (χ0v) is 13.6. The highest BCUT2D eigenvalue weighted by Crippen LogP contribution is 2.08. The standard InChI is InChI=1S/C13H14O2.C8H8/c1-10(11(2)13(14)15)8-9-12-6-4-3-5-7-12;1-2-8-6-4-3-5-7-8/h3-9H,1-2H3,(H,14,15);2-7H,1H2. The fraction of sp³-hybridized carbons (Fsp3) is 0.0952. The summed E-state index contributed by atoms with van der Waals surface area (Å²) in [6, 6.07) is 19.8. The number of hydrogen-bond acceptors (Lipinski definition) is 1. The summed E-state index contributed by atoms with van der Waals surface area (Å²) in [4.78, 5) is 10.7. The molecule has 0 saturated heterocycles. The van der Waals surface area contributed by atoms with Crippen LogP contribution in [0.3, 0.4) is 0 Å². The molecular formula is C21H22O2. The van der Waals surface area contributed by atoms with Crippen LogP contribution in [-0.2, 0) is 4.79 Å². The Bertz CT molecular complexity index is 680. The van der Waals surface area contributed by atoms with Gasteiger partial charge in [0.05, 0.1) is 0 Å². The van der Waals surface area contributed by atoms with E-state index in [4.69, 9.17) is 5.11 Å². The molecule has 118 valence electrons. The monoisotopic (exact) mass is 306 g/mol. The first-order chi connectivity index (χ1) is 11.0. The second-order valence-electron chi connectivity index (χ2n) is 4.97. The maximum absolute atomic E-state index is 10.7. The molecule has 0 saturated carbocycles. The molecule has 0 bridgehead atoms. The van der Waals surface area contributed by atoms with Crippen LogP contribution >= 0.6 is 0 Å². The zero-order chi connectivity index (χ0) is 17.1. The zero-order valence-electron chi connectivity index (χ0n) is 13.6. The van der Waals surface area contributed by atoms with Crippen LogP contribution in [0.1, 0.15) is 25.0 Å². The Morgan fingerprint density at radius 3 is 1.78 bits per heavy atom. The molecular weight excluding hydrogens is 284 g/mol. The third-order valence-electron chi connectivity index (χ3n) is 3.27. The predicted octanol–water partition coefficient (Wildman–Crippen LogP) is 5.45. The van der Waals surface area contributed by atoms with Gasteiger partial charge in [-0.2, -0.15) is 0 Å². The van der Waals surface area contributed by atoms with Crippen molar-refractivity contribution in [1.82, 2.24) is 0 Å². The van der Waals surface area contributed by atoms with Crippen LogP contribution in [0.5, 0.6) is 0 Å². The molecule has 0 heterocycles. The minimum atomic E-state index is -0.870. The first-order valence-corrected chi connectivity index (χ1v) is 7.36. The van der Waals surface area contributed by atoms with E-state index < -0.39 is 5.97 Å². The lowest BCUT2D eigenvalue weighted by Gasteiger charge is -1.97. The van der Waals surface area contributed by atoms with Crippen LogP contribution < -0.4 is 0 Å². The first kappa shape index (κ1) is 18.2. The van der Waals surface area contributed by atoms with E-state index in [0.717, 1.165) is 11.1 Å². The van der Waals surface area contributed by atoms with E-state index in [1.165, 1.54) is 5.56 Å². The van der Waals surface area contributed by atoms with E-state index >= 15 is 0 Å². The topological polar surface area (TPSA) is 37.3 Å². The highest BCUT2D eigenvalue weighted by Gasteiger charge is 2.01. The second-order valence-corrected chi connectivity index (χ2v) is 4.97. The van der Waals surface area contributed by atoms with Crippen molar-refractivity contribution in [3.05, 3.63) is 95.6 Å². The van der Waals surface area contributed by atoms with Crippen LogP contribution in [0.15, 0.2) is 84.5 Å². The van der Waals surface area contributed by atoms with E-state index in [-0.39, 0.29) is 0 Å². The molecule has 0 aromatic heterocycles. The molecule has 2 aromatic rings. The third kappa shape index (κ3) is 7.09. The molecule has 2 nitrogen and oxygen atoms in total. The lowest BCUT2D eigenvalue weighted by Crippen LogP contribution is -1.97. The minimum absolute atomic E-state index is 0.377. The number of allylic oxidation sites excluding steroid dienone is 2. The summed E-state index contributed by atoms with van der Waals surface area (Å²) in [5.74, 6) is -0.870. The van der Waals surface area contributed by atoms with Crippen molar-refractivity contribution in [1.29, 1.82) is 0 Å². The average molecular weight is 306 g/mol. The summed E-state index contributed by atoms with van der Waals surface area (Å²) in [6.07, 6.45) is 5.56. The Morgan fingerprint density at radius 2 is 1.39 bits per heavy atom. The van der Waals surface area contributed by atoms with Gasteiger partial charge in [-0.1, -0.05) is 85.5 Å². The largest absolute Gasteiger partial charge is 0.478 e. The van der Waals surface area contributed by atoms with Crippen LogP contribution in [0, 0.1) is 0 Å². The summed E-state index contributed by atoms with van der Waals surface area (Å²) in [5, 5.41) is 8.76. The molecule has 2 aromatic carbocycles. The summed E-state index contributed by atoms with van der Waals surface area (Å²) < 4.78 is 0. The van der Waals surface area contributed by atoms with E-state index in [0.29, 0.717) is 5.57 Å². The molecule has 0 atom stereocenters. The fourth-order valence-electron chi connectivity index (χ4n) is 1.67. The average Bonchev–Trinajstić information content (AvgIpc) is 2.61. The Morgan fingerprint density at radius 1 is 0.913 bits per heavy atom. The van der Waals surface area contributed by atoms with E-state index in [1.54, 1.807) is 13.8 Å². The highest BCUT2D eigenvalue weighted by atomic mass is 16.4. The SMILES string of the molecule is C=Cc1ccccc1.CC(C=Cc1ccccc1)=C(C)C(=O)O. The van der Waals surface area contributed by atoms with Crippen molar-refractivity contribution in [3.8, 4) is 0 Å². The molecule has 23 heavy (non-hydrogen) atoms. The Hall–Kier alpha value is -2.87. The van der Waals surface area contributed by atoms with Crippen molar-refractivity contribution in [2.75, 3.05) is 0 Å². The quantitative estimate of drug-likeness (QED) is 0.602. The van der Waals surface area contributed by atoms with Gasteiger partial charge in [0.15, 0.2) is 0 Å². The number of carboxylic acids is 1. The molecule has 0 amide bonds. The van der Waals surface area contributed by atoms with Gasteiger partial charge in [0.1, 0.15) is 0 Å². The van der Waals surface area contributed by atoms with Crippen molar-refractivity contribution < 1.29 is 9.90 Å². The van der Waals surface area contributed by atoms with Crippen molar-refractivity contribution in [2.45, 2.75) is 13.8 Å². The maximum Gasteiger partial charge on any atom is 0.331 e. The number of benzene rings is 2. The van der Waals surface area contributed by atoms with Gasteiger partial charge in [-0.3, -0.25) is 0 Å².